The molecule has 7 heteroatoms. The summed E-state index contributed by atoms with van der Waals surface area (Å²) < 4.78 is 11.2. The Morgan fingerprint density at radius 3 is 1.31 bits per heavy atom. The predicted octanol–water partition coefficient (Wildman–Crippen LogP) is 1.87. The lowest BCUT2D eigenvalue weighted by Gasteiger charge is -2.32. The zero-order chi connectivity index (χ0) is 21.8. The molecule has 0 aliphatic heterocycles. The highest BCUT2D eigenvalue weighted by Crippen LogP contribution is 2.21. The lowest BCUT2D eigenvalue weighted by atomic mass is 9.90. The highest BCUT2D eigenvalue weighted by Gasteiger charge is 2.33. The Labute approximate surface area is 177 Å². The lowest BCUT2D eigenvalue weighted by molar-refractivity contribution is -0.111. The van der Waals surface area contributed by atoms with Crippen molar-refractivity contribution in [1.82, 2.24) is 0 Å². The van der Waals surface area contributed by atoms with Crippen molar-refractivity contribution in [2.45, 2.75) is 71.1 Å². The fourth-order valence-corrected chi connectivity index (χ4v) is 3.03. The van der Waals surface area contributed by atoms with Gasteiger partial charge in [0.2, 0.25) is 0 Å². The van der Waals surface area contributed by atoms with Gasteiger partial charge in [-0.2, -0.15) is 0 Å². The van der Waals surface area contributed by atoms with E-state index < -0.39 is 30.7 Å². The molecule has 0 amide bonds. The van der Waals surface area contributed by atoms with E-state index in [1.807, 2.05) is 0 Å². The molecular formula is C22H46O7. The molecule has 0 aromatic carbocycles. The smallest absolute Gasteiger partial charge is 0.0632 e. The van der Waals surface area contributed by atoms with Crippen molar-refractivity contribution in [3.8, 4) is 0 Å². The summed E-state index contributed by atoms with van der Waals surface area (Å²) in [4.78, 5) is 0. The van der Waals surface area contributed by atoms with Crippen molar-refractivity contribution in [2.75, 3.05) is 59.5 Å². The second-order valence-electron chi connectivity index (χ2n) is 8.52. The molecule has 0 heterocycles. The van der Waals surface area contributed by atoms with Gasteiger partial charge in [-0.15, -0.1) is 0 Å². The van der Waals surface area contributed by atoms with E-state index in [-0.39, 0.29) is 33.0 Å². The van der Waals surface area contributed by atoms with E-state index in [1.165, 1.54) is 51.4 Å². The summed E-state index contributed by atoms with van der Waals surface area (Å²) in [7, 11) is 0. The maximum Gasteiger partial charge on any atom is 0.0632 e. The summed E-state index contributed by atoms with van der Waals surface area (Å²) in [6.45, 7) is 1.07. The van der Waals surface area contributed by atoms with Crippen molar-refractivity contribution in [3.63, 3.8) is 0 Å². The molecule has 0 rings (SSSR count). The molecule has 0 saturated carbocycles. The average molecular weight is 423 g/mol. The Balaban J connectivity index is 3.92. The van der Waals surface area contributed by atoms with Crippen molar-refractivity contribution in [3.05, 3.63) is 0 Å². The molecule has 0 bridgehead atoms. The lowest BCUT2D eigenvalue weighted by Crippen LogP contribution is -2.43. The van der Waals surface area contributed by atoms with Crippen LogP contribution in [-0.4, -0.2) is 85.0 Å². The van der Waals surface area contributed by atoms with E-state index in [0.29, 0.717) is 6.61 Å². The maximum atomic E-state index is 9.69. The fourth-order valence-electron chi connectivity index (χ4n) is 3.03. The van der Waals surface area contributed by atoms with E-state index in [9.17, 15) is 25.5 Å². The zero-order valence-corrected chi connectivity index (χ0v) is 18.5. The quantitative estimate of drug-likeness (QED) is 0.169. The van der Waals surface area contributed by atoms with Crippen LogP contribution < -0.4 is 0 Å². The Morgan fingerprint density at radius 1 is 0.483 bits per heavy atom. The summed E-state index contributed by atoms with van der Waals surface area (Å²) in [6, 6.07) is 0. The average Bonchev–Trinajstić information content (AvgIpc) is 2.76. The summed E-state index contributed by atoms with van der Waals surface area (Å²) in [5.74, 6) is 0. The van der Waals surface area contributed by atoms with Gasteiger partial charge in [-0.25, -0.2) is 0 Å². The van der Waals surface area contributed by atoms with Gasteiger partial charge in [-0.05, 0) is 6.42 Å². The molecule has 7 nitrogen and oxygen atoms in total. The summed E-state index contributed by atoms with van der Waals surface area (Å²) in [6.07, 6.45) is 12.5. The Morgan fingerprint density at radius 2 is 0.862 bits per heavy atom. The van der Waals surface area contributed by atoms with Gasteiger partial charge in [0.25, 0.3) is 0 Å². The molecular weight excluding hydrogens is 376 g/mol. The van der Waals surface area contributed by atoms with E-state index in [0.717, 1.165) is 12.8 Å². The van der Waals surface area contributed by atoms with Gasteiger partial charge >= 0.3 is 0 Å². The van der Waals surface area contributed by atoms with Crippen molar-refractivity contribution in [1.29, 1.82) is 0 Å². The van der Waals surface area contributed by atoms with Crippen LogP contribution in [0, 0.1) is 10.8 Å². The Hall–Kier alpha value is -0.280. The molecule has 0 aromatic rings. The normalized spacial score (nSPS) is 12.6. The monoisotopic (exact) mass is 422 g/mol. The zero-order valence-electron chi connectivity index (χ0n) is 18.5. The molecule has 0 aromatic heterocycles. The van der Waals surface area contributed by atoms with Crippen LogP contribution in [0.1, 0.15) is 71.1 Å². The number of aliphatic hydroxyl groups excluding tert-OH is 5. The third-order valence-corrected chi connectivity index (χ3v) is 5.54. The first kappa shape index (κ1) is 28.7. The SMILES string of the molecule is CCCCCCCCCCCCOCC(CO)(CO)COCC(CO)(CO)CO. The van der Waals surface area contributed by atoms with Gasteiger partial charge in [0, 0.05) is 6.61 Å². The molecule has 5 N–H and O–H groups in total. The molecule has 176 valence electrons. The first-order chi connectivity index (χ1) is 14.1. The van der Waals surface area contributed by atoms with Crippen molar-refractivity contribution < 1.29 is 35.0 Å². The van der Waals surface area contributed by atoms with Crippen LogP contribution in [0.2, 0.25) is 0 Å². The minimum atomic E-state index is -1.13. The Bertz CT molecular complexity index is 336. The fraction of sp³-hybridized carbons (Fsp3) is 1.00. The summed E-state index contributed by atoms with van der Waals surface area (Å²) in [5, 5.41) is 47.3. The first-order valence-electron chi connectivity index (χ1n) is 11.3. The molecule has 0 fully saturated rings. The van der Waals surface area contributed by atoms with Gasteiger partial charge in [-0.1, -0.05) is 64.7 Å². The van der Waals surface area contributed by atoms with Crippen LogP contribution in [0.3, 0.4) is 0 Å². The van der Waals surface area contributed by atoms with Gasteiger partial charge in [0.1, 0.15) is 0 Å². The van der Waals surface area contributed by atoms with E-state index in [1.54, 1.807) is 0 Å². The standard InChI is InChI=1S/C22H46O7/c1-2-3-4-5-6-7-8-9-10-11-12-28-19-22(16-26,17-27)20-29-18-21(13-23,14-24)15-25/h23-27H,2-20H2,1H3. The highest BCUT2D eigenvalue weighted by atomic mass is 16.5. The van der Waals surface area contributed by atoms with Crippen LogP contribution >= 0.6 is 0 Å². The molecule has 0 radical (unpaired) electrons. The number of unbranched alkanes of at least 4 members (excludes halogenated alkanes) is 9. The molecule has 0 unspecified atom stereocenters. The van der Waals surface area contributed by atoms with Crippen LogP contribution in [-0.2, 0) is 9.47 Å². The van der Waals surface area contributed by atoms with Gasteiger partial charge in [0.15, 0.2) is 0 Å². The third kappa shape index (κ3) is 12.9. The molecule has 0 atom stereocenters. The van der Waals surface area contributed by atoms with Crippen LogP contribution in [0.15, 0.2) is 0 Å². The van der Waals surface area contributed by atoms with E-state index in [2.05, 4.69) is 6.92 Å². The molecule has 29 heavy (non-hydrogen) atoms. The van der Waals surface area contributed by atoms with Crippen molar-refractivity contribution >= 4 is 0 Å². The number of aliphatic hydroxyl groups is 5. The minimum absolute atomic E-state index is 0.0137. The maximum absolute atomic E-state index is 9.69. The second-order valence-corrected chi connectivity index (χ2v) is 8.52. The van der Waals surface area contributed by atoms with Gasteiger partial charge < -0.3 is 35.0 Å². The predicted molar refractivity (Wildman–Crippen MR) is 114 cm³/mol. The highest BCUT2D eigenvalue weighted by molar-refractivity contribution is 4.80. The first-order valence-corrected chi connectivity index (χ1v) is 11.3. The number of hydrogen-bond acceptors (Lipinski definition) is 7. The van der Waals surface area contributed by atoms with E-state index >= 15 is 0 Å². The molecule has 0 aliphatic carbocycles. The molecule has 0 aliphatic rings. The number of rotatable bonds is 22. The number of ether oxygens (including phenoxy) is 2. The molecule has 0 saturated heterocycles. The number of hydrogen-bond donors (Lipinski definition) is 5. The summed E-state index contributed by atoms with van der Waals surface area (Å²) in [5.41, 5.74) is -2.07. The van der Waals surface area contributed by atoms with Crippen molar-refractivity contribution in [2.24, 2.45) is 10.8 Å². The van der Waals surface area contributed by atoms with Gasteiger partial charge in [-0.3, -0.25) is 0 Å². The Kier molecular flexibility index (Phi) is 18.3. The molecule has 0 spiro atoms. The summed E-state index contributed by atoms with van der Waals surface area (Å²) >= 11 is 0. The van der Waals surface area contributed by atoms with E-state index in [4.69, 9.17) is 9.47 Å². The minimum Gasteiger partial charge on any atom is -0.396 e. The largest absolute Gasteiger partial charge is 0.396 e. The topological polar surface area (TPSA) is 120 Å². The van der Waals surface area contributed by atoms with Crippen LogP contribution in [0.25, 0.3) is 0 Å². The third-order valence-electron chi connectivity index (χ3n) is 5.54. The van der Waals surface area contributed by atoms with Crippen LogP contribution in [0.5, 0.6) is 0 Å². The van der Waals surface area contributed by atoms with Gasteiger partial charge in [0.05, 0.1) is 63.7 Å². The second kappa shape index (κ2) is 18.5. The van der Waals surface area contributed by atoms with Crippen LogP contribution in [0.4, 0.5) is 0 Å².